The molecule has 0 aliphatic carbocycles. The van der Waals surface area contributed by atoms with Crippen molar-refractivity contribution in [1.29, 1.82) is 0 Å². The summed E-state index contributed by atoms with van der Waals surface area (Å²) in [7, 11) is 0. The lowest BCUT2D eigenvalue weighted by atomic mass is 9.88. The molecule has 4 heteroatoms. The summed E-state index contributed by atoms with van der Waals surface area (Å²) in [5.74, 6) is -2.24. The van der Waals surface area contributed by atoms with Crippen molar-refractivity contribution in [2.24, 2.45) is 0 Å². The van der Waals surface area contributed by atoms with Gasteiger partial charge >= 0.3 is 11.9 Å². The Morgan fingerprint density at radius 3 is 1.33 bits per heavy atom. The van der Waals surface area contributed by atoms with Crippen molar-refractivity contribution < 1.29 is 19.8 Å². The molecular weight excluding hydrogens is 232 g/mol. The zero-order chi connectivity index (χ0) is 14.0. The third-order valence-corrected chi connectivity index (χ3v) is 2.52. The van der Waals surface area contributed by atoms with Gasteiger partial charge in [0.15, 0.2) is 0 Å². The van der Waals surface area contributed by atoms with Crippen molar-refractivity contribution in [3.63, 3.8) is 0 Å². The van der Waals surface area contributed by atoms with Crippen molar-refractivity contribution in [3.05, 3.63) is 47.5 Å². The van der Waals surface area contributed by atoms with Crippen LogP contribution in [0.2, 0.25) is 0 Å². The molecule has 1 aromatic carbocycles. The highest BCUT2D eigenvalue weighted by Gasteiger charge is 2.21. The lowest BCUT2D eigenvalue weighted by Gasteiger charge is -2.15. The molecule has 94 valence electrons. The topological polar surface area (TPSA) is 74.6 Å². The van der Waals surface area contributed by atoms with Gasteiger partial charge in [-0.3, -0.25) is 0 Å². The molecule has 0 saturated carbocycles. The van der Waals surface area contributed by atoms with E-state index in [0.717, 1.165) is 0 Å². The molecule has 0 spiro atoms. The quantitative estimate of drug-likeness (QED) is 0.855. The SMILES string of the molecule is C=C(C)c1c(C(=O)O)ccc(C(=O)O)c1C(=C)C. The van der Waals surface area contributed by atoms with E-state index in [9.17, 15) is 9.59 Å². The molecule has 0 heterocycles. The molecule has 0 radical (unpaired) electrons. The standard InChI is InChI=1S/C14H14O4/c1-7(2)11-9(13(15)16)5-6-10(14(17)18)12(11)8(3)4/h5-6H,1,3H2,2,4H3,(H,15,16)(H,17,18). The van der Waals surface area contributed by atoms with E-state index in [2.05, 4.69) is 13.2 Å². The Kier molecular flexibility index (Phi) is 3.71. The minimum absolute atomic E-state index is 0.0329. The van der Waals surface area contributed by atoms with Crippen LogP contribution < -0.4 is 0 Å². The Bertz CT molecular complexity index is 516. The summed E-state index contributed by atoms with van der Waals surface area (Å²) in [5.41, 5.74) is 1.71. The summed E-state index contributed by atoms with van der Waals surface area (Å²) in [5, 5.41) is 18.3. The van der Waals surface area contributed by atoms with Crippen molar-refractivity contribution in [2.45, 2.75) is 13.8 Å². The fraction of sp³-hybridized carbons (Fsp3) is 0.143. The van der Waals surface area contributed by atoms with Crippen LogP contribution in [-0.2, 0) is 0 Å². The minimum Gasteiger partial charge on any atom is -0.478 e. The smallest absolute Gasteiger partial charge is 0.336 e. The fourth-order valence-electron chi connectivity index (χ4n) is 1.85. The van der Waals surface area contributed by atoms with Gasteiger partial charge in [0.05, 0.1) is 11.1 Å². The number of rotatable bonds is 4. The van der Waals surface area contributed by atoms with Crippen LogP contribution >= 0.6 is 0 Å². The van der Waals surface area contributed by atoms with Crippen LogP contribution in [0.4, 0.5) is 0 Å². The van der Waals surface area contributed by atoms with Crippen molar-refractivity contribution in [2.75, 3.05) is 0 Å². The first kappa shape index (κ1) is 13.7. The van der Waals surface area contributed by atoms with E-state index in [1.54, 1.807) is 13.8 Å². The molecule has 2 N–H and O–H groups in total. The largest absolute Gasteiger partial charge is 0.478 e. The summed E-state index contributed by atoms with van der Waals surface area (Å²) >= 11 is 0. The van der Waals surface area contributed by atoms with Crippen LogP contribution in [0.15, 0.2) is 25.3 Å². The van der Waals surface area contributed by atoms with Crippen LogP contribution in [0.3, 0.4) is 0 Å². The Balaban J connectivity index is 3.82. The van der Waals surface area contributed by atoms with Crippen molar-refractivity contribution in [1.82, 2.24) is 0 Å². The molecule has 0 unspecified atom stereocenters. The van der Waals surface area contributed by atoms with Gasteiger partial charge in [-0.05, 0) is 48.3 Å². The van der Waals surface area contributed by atoms with E-state index in [0.29, 0.717) is 22.3 Å². The number of carboxylic acids is 2. The second-order valence-electron chi connectivity index (χ2n) is 4.08. The molecule has 0 aliphatic heterocycles. The van der Waals surface area contributed by atoms with E-state index >= 15 is 0 Å². The van der Waals surface area contributed by atoms with Gasteiger partial charge in [0.25, 0.3) is 0 Å². The maximum atomic E-state index is 11.2. The highest BCUT2D eigenvalue weighted by molar-refractivity contribution is 6.02. The van der Waals surface area contributed by atoms with Gasteiger partial charge in [-0.1, -0.05) is 13.2 Å². The maximum absolute atomic E-state index is 11.2. The molecular formula is C14H14O4. The second kappa shape index (κ2) is 4.87. The molecule has 1 aromatic rings. The highest BCUT2D eigenvalue weighted by atomic mass is 16.4. The number of allylic oxidation sites excluding steroid dienone is 2. The summed E-state index contributed by atoms with van der Waals surface area (Å²) in [6, 6.07) is 2.56. The first-order chi connectivity index (χ1) is 8.27. The Hall–Kier alpha value is -2.36. The fourth-order valence-corrected chi connectivity index (χ4v) is 1.85. The van der Waals surface area contributed by atoms with Crippen molar-refractivity contribution >= 4 is 23.1 Å². The maximum Gasteiger partial charge on any atom is 0.336 e. The van der Waals surface area contributed by atoms with Gasteiger partial charge in [0.2, 0.25) is 0 Å². The van der Waals surface area contributed by atoms with E-state index in [-0.39, 0.29) is 11.1 Å². The third kappa shape index (κ3) is 2.32. The molecule has 0 fully saturated rings. The average Bonchev–Trinajstić information content (AvgIpc) is 2.26. The molecule has 1 rings (SSSR count). The zero-order valence-corrected chi connectivity index (χ0v) is 10.3. The van der Waals surface area contributed by atoms with E-state index in [1.165, 1.54) is 12.1 Å². The Morgan fingerprint density at radius 1 is 0.889 bits per heavy atom. The molecule has 0 amide bonds. The Morgan fingerprint density at radius 2 is 1.17 bits per heavy atom. The number of carbonyl (C=O) groups is 2. The highest BCUT2D eigenvalue weighted by Crippen LogP contribution is 2.30. The summed E-state index contributed by atoms with van der Waals surface area (Å²) in [6.07, 6.45) is 0. The summed E-state index contributed by atoms with van der Waals surface area (Å²) < 4.78 is 0. The third-order valence-electron chi connectivity index (χ3n) is 2.52. The first-order valence-corrected chi connectivity index (χ1v) is 5.22. The molecule has 0 saturated heterocycles. The van der Waals surface area contributed by atoms with Gasteiger partial charge < -0.3 is 10.2 Å². The van der Waals surface area contributed by atoms with Crippen LogP contribution in [0, 0.1) is 0 Å². The zero-order valence-electron chi connectivity index (χ0n) is 10.3. The predicted octanol–water partition coefficient (Wildman–Crippen LogP) is 3.15. The molecule has 0 aromatic heterocycles. The molecule has 0 bridgehead atoms. The average molecular weight is 246 g/mol. The van der Waals surface area contributed by atoms with Crippen LogP contribution in [-0.4, -0.2) is 22.2 Å². The second-order valence-corrected chi connectivity index (χ2v) is 4.08. The predicted molar refractivity (Wildman–Crippen MR) is 69.8 cm³/mol. The van der Waals surface area contributed by atoms with E-state index < -0.39 is 11.9 Å². The number of benzene rings is 1. The number of carboxylic acid groups (broad SMARTS) is 2. The van der Waals surface area contributed by atoms with Crippen molar-refractivity contribution in [3.8, 4) is 0 Å². The van der Waals surface area contributed by atoms with E-state index in [4.69, 9.17) is 10.2 Å². The first-order valence-electron chi connectivity index (χ1n) is 5.22. The number of aromatic carboxylic acids is 2. The van der Waals surface area contributed by atoms with Crippen LogP contribution in [0.5, 0.6) is 0 Å². The van der Waals surface area contributed by atoms with Gasteiger partial charge in [-0.25, -0.2) is 9.59 Å². The number of hydrogen-bond donors (Lipinski definition) is 2. The van der Waals surface area contributed by atoms with Gasteiger partial charge in [0, 0.05) is 0 Å². The molecule has 4 nitrogen and oxygen atoms in total. The lowest BCUT2D eigenvalue weighted by molar-refractivity contribution is 0.0680. The van der Waals surface area contributed by atoms with Gasteiger partial charge in [-0.2, -0.15) is 0 Å². The summed E-state index contributed by atoms with van der Waals surface area (Å²) in [4.78, 5) is 22.3. The lowest BCUT2D eigenvalue weighted by Crippen LogP contribution is -2.10. The van der Waals surface area contributed by atoms with Gasteiger partial charge in [0.1, 0.15) is 0 Å². The van der Waals surface area contributed by atoms with Gasteiger partial charge in [-0.15, -0.1) is 0 Å². The monoisotopic (exact) mass is 246 g/mol. The molecule has 18 heavy (non-hydrogen) atoms. The molecule has 0 atom stereocenters. The van der Waals surface area contributed by atoms with Crippen LogP contribution in [0.1, 0.15) is 45.7 Å². The van der Waals surface area contributed by atoms with E-state index in [1.807, 2.05) is 0 Å². The normalized spacial score (nSPS) is 9.89. The number of hydrogen-bond acceptors (Lipinski definition) is 2. The Labute approximate surface area is 105 Å². The van der Waals surface area contributed by atoms with Crippen LogP contribution in [0.25, 0.3) is 11.1 Å². The summed E-state index contributed by atoms with van der Waals surface area (Å²) in [6.45, 7) is 10.7. The molecule has 0 aliphatic rings. The minimum atomic E-state index is -1.12.